The van der Waals surface area contributed by atoms with E-state index in [1.165, 1.54) is 0 Å². The minimum atomic E-state index is -0.0896. The average Bonchev–Trinajstić information content (AvgIpc) is 2.60. The predicted molar refractivity (Wildman–Crippen MR) is 88.9 cm³/mol. The molecular weight excluding hydrogens is 310 g/mol. The van der Waals surface area contributed by atoms with Crippen molar-refractivity contribution in [3.63, 3.8) is 0 Å². The van der Waals surface area contributed by atoms with Gasteiger partial charge in [-0.25, -0.2) is 0 Å². The number of hydrogen-bond donors (Lipinski definition) is 2. The van der Waals surface area contributed by atoms with Gasteiger partial charge in [-0.2, -0.15) is 0 Å². The van der Waals surface area contributed by atoms with Crippen molar-refractivity contribution >= 4 is 11.8 Å². The van der Waals surface area contributed by atoms with E-state index in [4.69, 9.17) is 9.47 Å². The second-order valence-electron chi connectivity index (χ2n) is 5.89. The highest BCUT2D eigenvalue weighted by molar-refractivity contribution is 5.79. The van der Waals surface area contributed by atoms with Crippen LogP contribution in [0, 0.1) is 0 Å². The van der Waals surface area contributed by atoms with Gasteiger partial charge in [0.2, 0.25) is 0 Å². The molecule has 1 unspecified atom stereocenters. The number of nitrogens with zero attached hydrogens (tertiary/aromatic N) is 1. The summed E-state index contributed by atoms with van der Waals surface area (Å²) in [5.74, 6) is 0.725. The lowest BCUT2D eigenvalue weighted by Crippen LogP contribution is -3.11. The quantitative estimate of drug-likeness (QED) is 0.648. The van der Waals surface area contributed by atoms with Crippen LogP contribution in [0.1, 0.15) is 5.56 Å². The highest BCUT2D eigenvalue weighted by atomic mass is 16.5. The van der Waals surface area contributed by atoms with Crippen molar-refractivity contribution in [3.05, 3.63) is 29.8 Å². The van der Waals surface area contributed by atoms with Gasteiger partial charge in [0.1, 0.15) is 5.75 Å². The molecule has 1 atom stereocenters. The van der Waals surface area contributed by atoms with E-state index in [9.17, 15) is 9.59 Å². The molecule has 0 aliphatic carbocycles. The summed E-state index contributed by atoms with van der Waals surface area (Å²) in [7, 11) is 3.46. The molecule has 1 saturated heterocycles. The van der Waals surface area contributed by atoms with E-state index >= 15 is 0 Å². The van der Waals surface area contributed by atoms with Crippen LogP contribution in [0.3, 0.4) is 0 Å². The third kappa shape index (κ3) is 5.50. The molecule has 0 saturated carbocycles. The Labute approximate surface area is 142 Å². The van der Waals surface area contributed by atoms with Gasteiger partial charge in [-0.15, -0.1) is 0 Å². The van der Waals surface area contributed by atoms with Crippen molar-refractivity contribution in [1.29, 1.82) is 0 Å². The van der Waals surface area contributed by atoms with Crippen molar-refractivity contribution in [1.82, 2.24) is 10.2 Å². The number of carbonyl (C=O) groups excluding carboxylic acids is 2. The van der Waals surface area contributed by atoms with Crippen molar-refractivity contribution in [2.24, 2.45) is 0 Å². The molecule has 1 heterocycles. The lowest BCUT2D eigenvalue weighted by molar-refractivity contribution is -0.863. The number of hydrogen-bond acceptors (Lipinski definition) is 4. The SMILES string of the molecule is COc1ccccc1CNC(=O)C[NH+](C)CC(=O)N1CCOCC1. The molecule has 0 radical (unpaired) electrons. The van der Waals surface area contributed by atoms with E-state index in [0.717, 1.165) is 16.2 Å². The van der Waals surface area contributed by atoms with Crippen LogP contribution >= 0.6 is 0 Å². The maximum absolute atomic E-state index is 12.2. The maximum Gasteiger partial charge on any atom is 0.277 e. The number of para-hydroxylation sites is 1. The normalized spacial score (nSPS) is 15.7. The molecule has 1 aliphatic heterocycles. The van der Waals surface area contributed by atoms with Crippen LogP contribution in [0.15, 0.2) is 24.3 Å². The van der Waals surface area contributed by atoms with E-state index in [0.29, 0.717) is 39.4 Å². The number of carbonyl (C=O) groups is 2. The Morgan fingerprint density at radius 1 is 1.25 bits per heavy atom. The first-order valence-corrected chi connectivity index (χ1v) is 8.15. The Morgan fingerprint density at radius 3 is 2.67 bits per heavy atom. The number of amides is 2. The van der Waals surface area contributed by atoms with Crippen LogP contribution in [0.5, 0.6) is 5.75 Å². The second-order valence-corrected chi connectivity index (χ2v) is 5.89. The Bertz CT molecular complexity index is 559. The Kier molecular flexibility index (Phi) is 7.02. The third-order valence-electron chi connectivity index (χ3n) is 3.95. The van der Waals surface area contributed by atoms with Crippen LogP contribution in [-0.4, -0.2) is 70.3 Å². The van der Waals surface area contributed by atoms with Crippen LogP contribution in [0.4, 0.5) is 0 Å². The van der Waals surface area contributed by atoms with Crippen LogP contribution in [-0.2, 0) is 20.9 Å². The second kappa shape index (κ2) is 9.24. The van der Waals surface area contributed by atoms with Gasteiger partial charge in [0.25, 0.3) is 11.8 Å². The number of ether oxygens (including phenoxy) is 2. The van der Waals surface area contributed by atoms with Gasteiger partial charge >= 0.3 is 0 Å². The molecule has 2 amide bonds. The molecule has 1 aromatic rings. The lowest BCUT2D eigenvalue weighted by atomic mass is 10.2. The van der Waals surface area contributed by atoms with Crippen molar-refractivity contribution < 1.29 is 24.0 Å². The lowest BCUT2D eigenvalue weighted by Gasteiger charge is -2.27. The molecule has 0 aromatic heterocycles. The highest BCUT2D eigenvalue weighted by Gasteiger charge is 2.21. The largest absolute Gasteiger partial charge is 0.496 e. The molecule has 7 heteroatoms. The molecule has 1 fully saturated rings. The number of morpholine rings is 1. The highest BCUT2D eigenvalue weighted by Crippen LogP contribution is 2.16. The minimum absolute atomic E-state index is 0.0633. The summed E-state index contributed by atoms with van der Waals surface area (Å²) < 4.78 is 10.5. The van der Waals surface area contributed by atoms with Crippen molar-refractivity contribution in [2.45, 2.75) is 6.54 Å². The van der Waals surface area contributed by atoms with Gasteiger partial charge in [0.05, 0.1) is 27.4 Å². The fraction of sp³-hybridized carbons (Fsp3) is 0.529. The summed E-state index contributed by atoms with van der Waals surface area (Å²) in [6, 6.07) is 7.57. The van der Waals surface area contributed by atoms with Gasteiger partial charge < -0.3 is 24.6 Å². The maximum atomic E-state index is 12.2. The van der Waals surface area contributed by atoms with Crippen LogP contribution in [0.25, 0.3) is 0 Å². The standard InChI is InChI=1S/C17H25N3O4/c1-19(13-17(22)20-7-9-24-10-8-20)12-16(21)18-11-14-5-3-4-6-15(14)23-2/h3-6H,7-13H2,1-2H3,(H,18,21)/p+1. The fourth-order valence-electron chi connectivity index (χ4n) is 2.62. The zero-order valence-corrected chi connectivity index (χ0v) is 14.3. The summed E-state index contributed by atoms with van der Waals surface area (Å²) >= 11 is 0. The smallest absolute Gasteiger partial charge is 0.277 e. The van der Waals surface area contributed by atoms with E-state index in [1.54, 1.807) is 12.0 Å². The summed E-state index contributed by atoms with van der Waals surface area (Å²) in [6.07, 6.45) is 0. The first-order chi connectivity index (χ1) is 11.6. The minimum Gasteiger partial charge on any atom is -0.496 e. The van der Waals surface area contributed by atoms with E-state index in [1.807, 2.05) is 31.3 Å². The van der Waals surface area contributed by atoms with E-state index in [2.05, 4.69) is 5.32 Å². The molecule has 1 aliphatic rings. The molecule has 2 rings (SSSR count). The Morgan fingerprint density at radius 2 is 1.96 bits per heavy atom. The zero-order valence-electron chi connectivity index (χ0n) is 14.3. The average molecular weight is 336 g/mol. The summed E-state index contributed by atoms with van der Waals surface area (Å²) in [4.78, 5) is 26.9. The zero-order chi connectivity index (χ0) is 17.4. The number of benzene rings is 1. The molecule has 132 valence electrons. The topological polar surface area (TPSA) is 72.3 Å². The molecule has 1 aromatic carbocycles. The number of likely N-dealkylation sites (N-methyl/N-ethyl adjacent to an activating group) is 1. The predicted octanol–water partition coefficient (Wildman–Crippen LogP) is -1.32. The third-order valence-corrected chi connectivity index (χ3v) is 3.95. The Balaban J connectivity index is 1.74. The van der Waals surface area contributed by atoms with Crippen molar-refractivity contribution in [2.75, 3.05) is 53.6 Å². The van der Waals surface area contributed by atoms with Gasteiger partial charge in [0, 0.05) is 25.2 Å². The molecular formula is C17H26N3O4+. The summed E-state index contributed by atoms with van der Waals surface area (Å²) in [5.41, 5.74) is 0.926. The molecule has 24 heavy (non-hydrogen) atoms. The molecule has 0 spiro atoms. The monoisotopic (exact) mass is 336 g/mol. The van der Waals surface area contributed by atoms with E-state index in [-0.39, 0.29) is 18.4 Å². The first-order valence-electron chi connectivity index (χ1n) is 8.15. The van der Waals surface area contributed by atoms with Crippen LogP contribution < -0.4 is 15.0 Å². The van der Waals surface area contributed by atoms with Gasteiger partial charge in [0.15, 0.2) is 13.1 Å². The van der Waals surface area contributed by atoms with Gasteiger partial charge in [-0.05, 0) is 6.07 Å². The fourth-order valence-corrected chi connectivity index (χ4v) is 2.62. The van der Waals surface area contributed by atoms with Crippen LogP contribution in [0.2, 0.25) is 0 Å². The van der Waals surface area contributed by atoms with Gasteiger partial charge in [-0.1, -0.05) is 18.2 Å². The van der Waals surface area contributed by atoms with E-state index < -0.39 is 0 Å². The first kappa shape index (κ1) is 18.2. The van der Waals surface area contributed by atoms with Gasteiger partial charge in [-0.3, -0.25) is 9.59 Å². The summed E-state index contributed by atoms with van der Waals surface area (Å²) in [5, 5.41) is 2.87. The van der Waals surface area contributed by atoms with Crippen molar-refractivity contribution in [3.8, 4) is 5.75 Å². The molecule has 0 bridgehead atoms. The number of quaternary nitrogens is 1. The molecule has 2 N–H and O–H groups in total. The number of methoxy groups -OCH3 is 1. The number of nitrogens with one attached hydrogen (secondary N) is 2. The molecule has 7 nitrogen and oxygen atoms in total. The summed E-state index contributed by atoms with van der Waals surface area (Å²) in [6.45, 7) is 3.41. The Hall–Kier alpha value is -2.12. The number of rotatable bonds is 7.